The standard InChI is InChI=1S/C19H22N2O5/c1-4-11(2)16(19(24)25)21-17(22)13-8-7-12(3)14(10-13)20-18(23)15-6-5-9-26-15/h5-11,16H,4H2,1-3H3,(H,20,23)(H,21,22)(H,24,25)/t11-,16-/m0/s1. The third-order valence-electron chi connectivity index (χ3n) is 4.26. The van der Waals surface area contributed by atoms with Gasteiger partial charge in [0.1, 0.15) is 6.04 Å². The number of rotatable bonds is 7. The summed E-state index contributed by atoms with van der Waals surface area (Å²) in [7, 11) is 0. The average Bonchev–Trinajstić information content (AvgIpc) is 3.15. The second kappa shape index (κ2) is 8.33. The number of carboxylic acid groups (broad SMARTS) is 1. The van der Waals surface area contributed by atoms with E-state index in [9.17, 15) is 19.5 Å². The van der Waals surface area contributed by atoms with Crippen molar-refractivity contribution in [2.24, 2.45) is 5.92 Å². The number of nitrogens with one attached hydrogen (secondary N) is 2. The molecular formula is C19H22N2O5. The molecule has 0 saturated heterocycles. The number of furan rings is 1. The Bertz CT molecular complexity index is 798. The summed E-state index contributed by atoms with van der Waals surface area (Å²) in [5.74, 6) is -2.07. The van der Waals surface area contributed by atoms with Crippen LogP contribution < -0.4 is 10.6 Å². The number of hydrogen-bond donors (Lipinski definition) is 3. The highest BCUT2D eigenvalue weighted by Gasteiger charge is 2.26. The second-order valence-corrected chi connectivity index (χ2v) is 6.14. The van der Waals surface area contributed by atoms with Crippen LogP contribution in [-0.2, 0) is 4.79 Å². The molecule has 0 unspecified atom stereocenters. The number of hydrogen-bond acceptors (Lipinski definition) is 4. The largest absolute Gasteiger partial charge is 0.480 e. The predicted octanol–water partition coefficient (Wildman–Crippen LogP) is 3.07. The molecule has 2 atom stereocenters. The maximum atomic E-state index is 12.5. The Morgan fingerprint density at radius 3 is 2.50 bits per heavy atom. The van der Waals surface area contributed by atoms with Crippen LogP contribution in [0.15, 0.2) is 41.0 Å². The zero-order valence-electron chi connectivity index (χ0n) is 14.9. The lowest BCUT2D eigenvalue weighted by Gasteiger charge is -2.20. The molecule has 0 aliphatic heterocycles. The lowest BCUT2D eigenvalue weighted by Crippen LogP contribution is -2.45. The van der Waals surface area contributed by atoms with E-state index in [2.05, 4.69) is 10.6 Å². The fraction of sp³-hybridized carbons (Fsp3) is 0.316. The minimum absolute atomic E-state index is 0.155. The van der Waals surface area contributed by atoms with Crippen molar-refractivity contribution in [2.75, 3.05) is 5.32 Å². The van der Waals surface area contributed by atoms with Crippen LogP contribution in [0.5, 0.6) is 0 Å². The first-order valence-corrected chi connectivity index (χ1v) is 8.32. The van der Waals surface area contributed by atoms with E-state index < -0.39 is 23.8 Å². The van der Waals surface area contributed by atoms with E-state index in [0.29, 0.717) is 12.1 Å². The maximum absolute atomic E-state index is 12.5. The molecule has 1 aromatic heterocycles. The third kappa shape index (κ3) is 4.50. The van der Waals surface area contributed by atoms with Gasteiger partial charge in [-0.1, -0.05) is 26.3 Å². The van der Waals surface area contributed by atoms with Crippen LogP contribution in [0.1, 0.15) is 46.7 Å². The first-order valence-electron chi connectivity index (χ1n) is 8.32. The van der Waals surface area contributed by atoms with Crippen LogP contribution in [0.3, 0.4) is 0 Å². The summed E-state index contributed by atoms with van der Waals surface area (Å²) >= 11 is 0. The van der Waals surface area contributed by atoms with Crippen LogP contribution in [-0.4, -0.2) is 28.9 Å². The lowest BCUT2D eigenvalue weighted by atomic mass is 9.98. The van der Waals surface area contributed by atoms with E-state index >= 15 is 0 Å². The van der Waals surface area contributed by atoms with Crippen molar-refractivity contribution in [1.29, 1.82) is 0 Å². The maximum Gasteiger partial charge on any atom is 0.326 e. The van der Waals surface area contributed by atoms with Gasteiger partial charge >= 0.3 is 5.97 Å². The first-order chi connectivity index (χ1) is 12.3. The van der Waals surface area contributed by atoms with E-state index in [0.717, 1.165) is 5.56 Å². The van der Waals surface area contributed by atoms with Crippen LogP contribution >= 0.6 is 0 Å². The SMILES string of the molecule is CC[C@H](C)[C@H](NC(=O)c1ccc(C)c(NC(=O)c2ccco2)c1)C(=O)O. The molecule has 0 aliphatic carbocycles. The predicted molar refractivity (Wildman–Crippen MR) is 96.2 cm³/mol. The molecule has 0 saturated carbocycles. The van der Waals surface area contributed by atoms with Crippen molar-refractivity contribution in [3.05, 3.63) is 53.5 Å². The quantitative estimate of drug-likeness (QED) is 0.705. The molecule has 1 heterocycles. The van der Waals surface area contributed by atoms with Crippen LogP contribution in [0.4, 0.5) is 5.69 Å². The van der Waals surface area contributed by atoms with Gasteiger partial charge in [0.05, 0.1) is 6.26 Å². The van der Waals surface area contributed by atoms with E-state index in [1.54, 1.807) is 32.0 Å². The molecular weight excluding hydrogens is 336 g/mol. The smallest absolute Gasteiger partial charge is 0.326 e. The first kappa shape index (κ1) is 19.2. The van der Waals surface area contributed by atoms with Crippen molar-refractivity contribution < 1.29 is 23.9 Å². The summed E-state index contributed by atoms with van der Waals surface area (Å²) in [5, 5.41) is 14.5. The molecule has 1 aromatic carbocycles. The highest BCUT2D eigenvalue weighted by atomic mass is 16.4. The molecule has 3 N–H and O–H groups in total. The van der Waals surface area contributed by atoms with Crippen molar-refractivity contribution in [2.45, 2.75) is 33.2 Å². The summed E-state index contributed by atoms with van der Waals surface area (Å²) in [6, 6.07) is 6.95. The highest BCUT2D eigenvalue weighted by molar-refractivity contribution is 6.04. The Morgan fingerprint density at radius 1 is 1.19 bits per heavy atom. The molecule has 138 valence electrons. The summed E-state index contributed by atoms with van der Waals surface area (Å²) < 4.78 is 5.05. The molecule has 2 rings (SSSR count). The van der Waals surface area contributed by atoms with Crippen molar-refractivity contribution in [3.8, 4) is 0 Å². The van der Waals surface area contributed by atoms with Gasteiger partial charge in [0, 0.05) is 11.3 Å². The van der Waals surface area contributed by atoms with E-state index in [1.807, 2.05) is 6.92 Å². The number of carboxylic acids is 1. The lowest BCUT2D eigenvalue weighted by molar-refractivity contribution is -0.140. The second-order valence-electron chi connectivity index (χ2n) is 6.14. The van der Waals surface area contributed by atoms with Gasteiger partial charge in [-0.05, 0) is 42.7 Å². The van der Waals surface area contributed by atoms with E-state index in [4.69, 9.17) is 4.42 Å². The van der Waals surface area contributed by atoms with Crippen molar-refractivity contribution in [1.82, 2.24) is 5.32 Å². The molecule has 0 radical (unpaired) electrons. The van der Waals surface area contributed by atoms with Crippen LogP contribution in [0.25, 0.3) is 0 Å². The minimum Gasteiger partial charge on any atom is -0.480 e. The van der Waals surface area contributed by atoms with Gasteiger partial charge in [-0.25, -0.2) is 4.79 Å². The molecule has 2 aromatic rings. The van der Waals surface area contributed by atoms with E-state index in [1.165, 1.54) is 18.4 Å². The summed E-state index contributed by atoms with van der Waals surface area (Å²) in [4.78, 5) is 36.0. The number of aryl methyl sites for hydroxylation is 1. The Labute approximate surface area is 151 Å². The molecule has 7 heteroatoms. The summed E-state index contributed by atoms with van der Waals surface area (Å²) in [5.41, 5.74) is 1.48. The number of aliphatic carboxylic acids is 1. The normalized spacial score (nSPS) is 12.9. The Balaban J connectivity index is 2.18. The fourth-order valence-corrected chi connectivity index (χ4v) is 2.40. The molecule has 0 fully saturated rings. The minimum atomic E-state index is -1.08. The molecule has 0 spiro atoms. The van der Waals surface area contributed by atoms with Crippen LogP contribution in [0.2, 0.25) is 0 Å². The highest BCUT2D eigenvalue weighted by Crippen LogP contribution is 2.19. The number of carbonyl (C=O) groups is 3. The van der Waals surface area contributed by atoms with Crippen LogP contribution in [0, 0.1) is 12.8 Å². The fourth-order valence-electron chi connectivity index (χ4n) is 2.40. The third-order valence-corrected chi connectivity index (χ3v) is 4.26. The molecule has 2 amide bonds. The summed E-state index contributed by atoms with van der Waals surface area (Å²) in [6.45, 7) is 5.42. The monoisotopic (exact) mass is 358 g/mol. The number of anilines is 1. The number of carbonyl (C=O) groups excluding carboxylic acids is 2. The van der Waals surface area contributed by atoms with Gasteiger partial charge in [0.25, 0.3) is 11.8 Å². The molecule has 26 heavy (non-hydrogen) atoms. The van der Waals surface area contributed by atoms with Gasteiger partial charge in [0.2, 0.25) is 0 Å². The van der Waals surface area contributed by atoms with Gasteiger partial charge in [-0.3, -0.25) is 9.59 Å². The van der Waals surface area contributed by atoms with Crippen molar-refractivity contribution >= 4 is 23.5 Å². The van der Waals surface area contributed by atoms with Gasteiger partial charge < -0.3 is 20.2 Å². The van der Waals surface area contributed by atoms with Crippen molar-refractivity contribution in [3.63, 3.8) is 0 Å². The average molecular weight is 358 g/mol. The van der Waals surface area contributed by atoms with Gasteiger partial charge in [-0.15, -0.1) is 0 Å². The number of benzene rings is 1. The Hall–Kier alpha value is -3.09. The van der Waals surface area contributed by atoms with E-state index in [-0.39, 0.29) is 17.2 Å². The van der Waals surface area contributed by atoms with Gasteiger partial charge in [-0.2, -0.15) is 0 Å². The Morgan fingerprint density at radius 2 is 1.92 bits per heavy atom. The zero-order chi connectivity index (χ0) is 19.3. The van der Waals surface area contributed by atoms with Gasteiger partial charge in [0.15, 0.2) is 5.76 Å². The number of amides is 2. The Kier molecular flexibility index (Phi) is 6.16. The summed E-state index contributed by atoms with van der Waals surface area (Å²) in [6.07, 6.45) is 2.02. The molecule has 7 nitrogen and oxygen atoms in total. The zero-order valence-corrected chi connectivity index (χ0v) is 14.9. The topological polar surface area (TPSA) is 109 Å². The molecule has 0 bridgehead atoms. The molecule has 0 aliphatic rings.